The molecule has 1 aromatic rings. The van der Waals surface area contributed by atoms with Crippen LogP contribution in [0, 0.1) is 10.1 Å². The minimum Gasteiger partial charge on any atom is -0.396 e. The maximum atomic E-state index is 12.2. The van der Waals surface area contributed by atoms with E-state index in [0.717, 1.165) is 19.3 Å². The van der Waals surface area contributed by atoms with Crippen LogP contribution in [0.1, 0.15) is 36.2 Å². The Labute approximate surface area is 110 Å². The topological polar surface area (TPSA) is 96.8 Å². The van der Waals surface area contributed by atoms with Crippen molar-refractivity contribution in [3.8, 4) is 0 Å². The van der Waals surface area contributed by atoms with Gasteiger partial charge in [-0.1, -0.05) is 0 Å². The number of nitrogens with zero attached hydrogens (tertiary/aromatic N) is 2. The van der Waals surface area contributed by atoms with Gasteiger partial charge in [0.2, 0.25) is 0 Å². The first-order chi connectivity index (χ1) is 9.13. The average Bonchev–Trinajstić information content (AvgIpc) is 3.04. The normalized spacial score (nSPS) is 18.8. The van der Waals surface area contributed by atoms with Gasteiger partial charge in [0.15, 0.2) is 5.76 Å². The number of aliphatic hydroxyl groups is 1. The smallest absolute Gasteiger partial charge is 0.396 e. The van der Waals surface area contributed by atoms with E-state index in [1.54, 1.807) is 4.90 Å². The van der Waals surface area contributed by atoms with Gasteiger partial charge in [0.05, 0.1) is 6.07 Å². The molecule has 104 valence electrons. The third-order valence-electron chi connectivity index (χ3n) is 3.32. The van der Waals surface area contributed by atoms with Crippen molar-refractivity contribution < 1.29 is 19.2 Å². The van der Waals surface area contributed by atoms with Crippen LogP contribution in [0.5, 0.6) is 0 Å². The van der Waals surface area contributed by atoms with Gasteiger partial charge in [-0.25, -0.2) is 0 Å². The minimum atomic E-state index is -0.663. The summed E-state index contributed by atoms with van der Waals surface area (Å²) >= 11 is 0. The average molecular weight is 268 g/mol. The summed E-state index contributed by atoms with van der Waals surface area (Å²) in [6.45, 7) is 0.730. The van der Waals surface area contributed by atoms with E-state index in [1.807, 2.05) is 0 Å². The lowest BCUT2D eigenvalue weighted by molar-refractivity contribution is -0.402. The highest BCUT2D eigenvalue weighted by molar-refractivity contribution is 5.92. The van der Waals surface area contributed by atoms with E-state index < -0.39 is 10.8 Å². The second kappa shape index (κ2) is 5.83. The Morgan fingerprint density at radius 2 is 2.37 bits per heavy atom. The fourth-order valence-electron chi connectivity index (χ4n) is 2.41. The molecule has 0 aromatic carbocycles. The summed E-state index contributed by atoms with van der Waals surface area (Å²) in [6.07, 6.45) is 3.19. The van der Waals surface area contributed by atoms with Gasteiger partial charge in [0.1, 0.15) is 4.92 Å². The summed E-state index contributed by atoms with van der Waals surface area (Å²) in [7, 11) is 0. The zero-order valence-electron chi connectivity index (χ0n) is 10.4. The molecule has 1 aromatic heterocycles. The molecule has 1 aliphatic rings. The molecule has 7 heteroatoms. The van der Waals surface area contributed by atoms with Crippen LogP contribution in [0.25, 0.3) is 0 Å². The minimum absolute atomic E-state index is 0.00241. The van der Waals surface area contributed by atoms with Gasteiger partial charge >= 0.3 is 5.88 Å². The first-order valence-electron chi connectivity index (χ1n) is 6.29. The van der Waals surface area contributed by atoms with E-state index >= 15 is 0 Å². The number of carbonyl (C=O) groups excluding carboxylic acids is 1. The van der Waals surface area contributed by atoms with Crippen molar-refractivity contribution in [2.24, 2.45) is 0 Å². The largest absolute Gasteiger partial charge is 0.433 e. The molecule has 2 heterocycles. The SMILES string of the molecule is O=C(c1ccc([N+](=O)[O-])o1)N1CCCC1CCCO. The molecule has 1 fully saturated rings. The van der Waals surface area contributed by atoms with E-state index in [2.05, 4.69) is 0 Å². The zero-order valence-corrected chi connectivity index (χ0v) is 10.4. The molecule has 1 unspecified atom stereocenters. The second-order valence-corrected chi connectivity index (χ2v) is 4.56. The predicted octanol–water partition coefficient (Wildman–Crippen LogP) is 1.56. The maximum Gasteiger partial charge on any atom is 0.433 e. The summed E-state index contributed by atoms with van der Waals surface area (Å²) in [5, 5.41) is 19.4. The molecule has 19 heavy (non-hydrogen) atoms. The number of amides is 1. The zero-order chi connectivity index (χ0) is 13.8. The molecule has 1 N–H and O–H groups in total. The standard InChI is InChI=1S/C12H16N2O5/c15-8-2-4-9-3-1-7-13(9)12(16)10-5-6-11(19-10)14(17)18/h5-6,9,15H,1-4,7-8H2. The molecular formula is C12H16N2O5. The Morgan fingerprint density at radius 3 is 3.00 bits per heavy atom. The summed E-state index contributed by atoms with van der Waals surface area (Å²) in [5.74, 6) is -0.731. The molecule has 0 saturated carbocycles. The lowest BCUT2D eigenvalue weighted by atomic mass is 10.1. The molecule has 1 amide bonds. The molecular weight excluding hydrogens is 252 g/mol. The maximum absolute atomic E-state index is 12.2. The first-order valence-corrected chi connectivity index (χ1v) is 6.29. The highest BCUT2D eigenvalue weighted by atomic mass is 16.6. The van der Waals surface area contributed by atoms with Crippen LogP contribution in [0.3, 0.4) is 0 Å². The Hall–Kier alpha value is -1.89. The number of aliphatic hydroxyl groups excluding tert-OH is 1. The van der Waals surface area contributed by atoms with Crippen LogP contribution in [-0.4, -0.2) is 40.0 Å². The van der Waals surface area contributed by atoms with Crippen LogP contribution in [-0.2, 0) is 0 Å². The van der Waals surface area contributed by atoms with Crippen molar-refractivity contribution in [1.82, 2.24) is 4.90 Å². The van der Waals surface area contributed by atoms with Gasteiger partial charge in [-0.3, -0.25) is 14.9 Å². The third kappa shape index (κ3) is 2.93. The Balaban J connectivity index is 2.07. The van der Waals surface area contributed by atoms with Crippen molar-refractivity contribution in [2.45, 2.75) is 31.7 Å². The first kappa shape index (κ1) is 13.5. The van der Waals surface area contributed by atoms with Crippen LogP contribution in [0.15, 0.2) is 16.5 Å². The summed E-state index contributed by atoms with van der Waals surface area (Å²) < 4.78 is 4.93. The van der Waals surface area contributed by atoms with Crippen molar-refractivity contribution in [3.63, 3.8) is 0 Å². The van der Waals surface area contributed by atoms with Gasteiger partial charge in [0, 0.05) is 19.2 Å². The molecule has 1 aliphatic heterocycles. The molecule has 2 rings (SSSR count). The molecule has 0 spiro atoms. The van der Waals surface area contributed by atoms with Gasteiger partial charge in [-0.15, -0.1) is 0 Å². The molecule has 0 radical (unpaired) electrons. The molecule has 0 aliphatic carbocycles. The van der Waals surface area contributed by atoms with Crippen molar-refractivity contribution in [3.05, 3.63) is 28.0 Å². The number of nitro groups is 1. The van der Waals surface area contributed by atoms with Gasteiger partial charge in [0.25, 0.3) is 5.91 Å². The lowest BCUT2D eigenvalue weighted by Gasteiger charge is -2.23. The van der Waals surface area contributed by atoms with E-state index in [9.17, 15) is 14.9 Å². The predicted molar refractivity (Wildman–Crippen MR) is 65.7 cm³/mol. The number of hydrogen-bond donors (Lipinski definition) is 1. The number of likely N-dealkylation sites (tertiary alicyclic amines) is 1. The van der Waals surface area contributed by atoms with Gasteiger partial charge in [-0.05, 0) is 31.7 Å². The lowest BCUT2D eigenvalue weighted by Crippen LogP contribution is -2.35. The molecule has 0 bridgehead atoms. The summed E-state index contributed by atoms with van der Waals surface area (Å²) in [4.78, 5) is 23.7. The van der Waals surface area contributed by atoms with Gasteiger partial charge in [-0.2, -0.15) is 0 Å². The summed E-state index contributed by atoms with van der Waals surface area (Å²) in [6, 6.07) is 2.61. The molecule has 1 saturated heterocycles. The third-order valence-corrected chi connectivity index (χ3v) is 3.32. The van der Waals surface area contributed by atoms with Crippen LogP contribution < -0.4 is 0 Å². The second-order valence-electron chi connectivity index (χ2n) is 4.56. The summed E-state index contributed by atoms with van der Waals surface area (Å²) in [5.41, 5.74) is 0. The number of hydrogen-bond acceptors (Lipinski definition) is 5. The Morgan fingerprint density at radius 1 is 1.58 bits per heavy atom. The highest BCUT2D eigenvalue weighted by Gasteiger charge is 2.31. The molecule has 7 nitrogen and oxygen atoms in total. The fourth-order valence-corrected chi connectivity index (χ4v) is 2.41. The van der Waals surface area contributed by atoms with Crippen LogP contribution >= 0.6 is 0 Å². The fraction of sp³-hybridized carbons (Fsp3) is 0.583. The van der Waals surface area contributed by atoms with Crippen molar-refractivity contribution in [2.75, 3.05) is 13.2 Å². The van der Waals surface area contributed by atoms with Gasteiger partial charge < -0.3 is 14.4 Å². The van der Waals surface area contributed by atoms with E-state index in [4.69, 9.17) is 9.52 Å². The van der Waals surface area contributed by atoms with E-state index in [1.165, 1.54) is 12.1 Å². The van der Waals surface area contributed by atoms with Crippen LogP contribution in [0.2, 0.25) is 0 Å². The number of rotatable bonds is 5. The number of furan rings is 1. The molecule has 1 atom stereocenters. The van der Waals surface area contributed by atoms with Crippen molar-refractivity contribution in [1.29, 1.82) is 0 Å². The number of carbonyl (C=O) groups is 1. The Bertz CT molecular complexity index is 470. The van der Waals surface area contributed by atoms with E-state index in [-0.39, 0.29) is 24.3 Å². The van der Waals surface area contributed by atoms with E-state index in [0.29, 0.717) is 13.0 Å². The Kier molecular flexibility index (Phi) is 4.16. The van der Waals surface area contributed by atoms with Crippen molar-refractivity contribution >= 4 is 11.8 Å². The highest BCUT2D eigenvalue weighted by Crippen LogP contribution is 2.25. The monoisotopic (exact) mass is 268 g/mol. The van der Waals surface area contributed by atoms with Crippen LogP contribution in [0.4, 0.5) is 5.88 Å². The quantitative estimate of drug-likeness (QED) is 0.645.